The van der Waals surface area contributed by atoms with Crippen LogP contribution in [0.2, 0.25) is 5.02 Å². The van der Waals surface area contributed by atoms with Crippen molar-refractivity contribution in [2.45, 2.75) is 44.4 Å². The third-order valence-corrected chi connectivity index (χ3v) is 8.98. The Morgan fingerprint density at radius 2 is 1.53 bits per heavy atom. The minimum Gasteiger partial charge on any atom is -0.467 e. The van der Waals surface area contributed by atoms with Crippen molar-refractivity contribution in [1.82, 2.24) is 35.4 Å². The topological polar surface area (TPSA) is 203 Å². The van der Waals surface area contributed by atoms with Crippen LogP contribution in [-0.4, -0.2) is 80.9 Å². The average Bonchev–Trinajstić information content (AvgIpc) is 3.89. The number of ether oxygens (including phenoxy) is 2. The summed E-state index contributed by atoms with van der Waals surface area (Å²) in [7, 11) is 1.09. The molecule has 6 rings (SSSR count). The molecule has 2 aromatic heterocycles. The predicted molar refractivity (Wildman–Crippen MR) is 205 cm³/mol. The van der Waals surface area contributed by atoms with Crippen LogP contribution in [0, 0.1) is 13.8 Å². The first-order chi connectivity index (χ1) is 27.6. The monoisotopic (exact) mass is 820 g/mol. The minimum atomic E-state index is -4.65. The molecule has 3 aromatic carbocycles. The van der Waals surface area contributed by atoms with Gasteiger partial charge in [-0.05, 0) is 99.0 Å². The van der Waals surface area contributed by atoms with Gasteiger partial charge in [-0.2, -0.15) is 33.2 Å². The van der Waals surface area contributed by atoms with Crippen LogP contribution < -0.4 is 31.3 Å². The maximum Gasteiger partial charge on any atom is 0.422 e. The van der Waals surface area contributed by atoms with Crippen molar-refractivity contribution < 1.29 is 41.8 Å². The van der Waals surface area contributed by atoms with Gasteiger partial charge in [0.1, 0.15) is 6.04 Å². The number of rotatable bonds is 14. The smallest absolute Gasteiger partial charge is 0.422 e. The van der Waals surface area contributed by atoms with E-state index in [0.29, 0.717) is 29.2 Å². The molecule has 1 saturated carbocycles. The molecule has 3 amide bonds. The molecule has 0 spiro atoms. The maximum absolute atomic E-state index is 13.1. The number of esters is 1. The molecule has 0 bridgehead atoms. The Bertz CT molecular complexity index is 2300. The number of carbonyl (C=O) groups is 4. The van der Waals surface area contributed by atoms with Crippen LogP contribution in [0.3, 0.4) is 0 Å². The molecule has 302 valence electrons. The zero-order valence-electron chi connectivity index (χ0n) is 31.1. The lowest BCUT2D eigenvalue weighted by Crippen LogP contribution is -2.50. The lowest BCUT2D eigenvalue weighted by molar-refractivity contribution is -0.154. The van der Waals surface area contributed by atoms with Gasteiger partial charge in [-0.1, -0.05) is 23.7 Å². The molecule has 1 atom stereocenters. The Kier molecular flexibility index (Phi) is 12.1. The molecule has 5 aromatic rings. The minimum absolute atomic E-state index is 0.0401. The fourth-order valence-corrected chi connectivity index (χ4v) is 5.85. The summed E-state index contributed by atoms with van der Waals surface area (Å²) < 4.78 is 50.3. The van der Waals surface area contributed by atoms with Crippen LogP contribution in [0.15, 0.2) is 78.9 Å². The molecule has 0 saturated heterocycles. The fraction of sp³-hybridized carbons (Fsp3) is 0.263. The number of methoxy groups -OCH3 is 1. The molecule has 5 N–H and O–H groups in total. The van der Waals surface area contributed by atoms with Crippen molar-refractivity contribution in [2.75, 3.05) is 36.2 Å². The molecular formula is C38H36ClF3N10O6. The zero-order chi connectivity index (χ0) is 41.6. The molecule has 20 heteroatoms. The highest BCUT2D eigenvalue weighted by molar-refractivity contribution is 6.39. The van der Waals surface area contributed by atoms with E-state index < -0.39 is 60.6 Å². The van der Waals surface area contributed by atoms with Gasteiger partial charge in [0.05, 0.1) is 24.0 Å². The van der Waals surface area contributed by atoms with Crippen LogP contribution in [0.1, 0.15) is 40.2 Å². The van der Waals surface area contributed by atoms with Gasteiger partial charge in [-0.3, -0.25) is 14.4 Å². The molecule has 16 nitrogen and oxygen atoms in total. The number of anilines is 4. The Balaban J connectivity index is 1.06. The number of alkyl halides is 3. The van der Waals surface area contributed by atoms with E-state index in [9.17, 15) is 32.3 Å². The number of halogens is 4. The van der Waals surface area contributed by atoms with Crippen molar-refractivity contribution >= 4 is 58.6 Å². The Morgan fingerprint density at radius 1 is 0.879 bits per heavy atom. The highest BCUT2D eigenvalue weighted by Crippen LogP contribution is 2.48. The second-order valence-electron chi connectivity index (χ2n) is 13.2. The highest BCUT2D eigenvalue weighted by Gasteiger charge is 2.45. The number of hydrogen-bond donors (Lipinski definition) is 5. The number of aryl methyl sites for hydroxylation is 2. The van der Waals surface area contributed by atoms with Crippen LogP contribution in [-0.2, 0) is 24.7 Å². The number of hydrogen-bond acceptors (Lipinski definition) is 12. The first-order valence-corrected chi connectivity index (χ1v) is 18.0. The van der Waals surface area contributed by atoms with E-state index >= 15 is 0 Å². The molecule has 1 aliphatic rings. The van der Waals surface area contributed by atoms with Gasteiger partial charge in [0.15, 0.2) is 6.61 Å². The van der Waals surface area contributed by atoms with Crippen molar-refractivity contribution in [3.63, 3.8) is 0 Å². The van der Waals surface area contributed by atoms with E-state index in [1.165, 1.54) is 24.3 Å². The Labute approximate surface area is 333 Å². The van der Waals surface area contributed by atoms with Crippen molar-refractivity contribution in [3.05, 3.63) is 106 Å². The normalized spacial score (nSPS) is 13.4. The summed E-state index contributed by atoms with van der Waals surface area (Å²) in [5.41, 5.74) is 3.59. The van der Waals surface area contributed by atoms with Crippen LogP contribution in [0.4, 0.5) is 36.4 Å². The summed E-state index contributed by atoms with van der Waals surface area (Å²) in [6.07, 6.45) is -3.24. The molecule has 0 aliphatic heterocycles. The lowest BCUT2D eigenvalue weighted by Gasteiger charge is -2.19. The fourth-order valence-electron chi connectivity index (χ4n) is 5.72. The average molecular weight is 821 g/mol. The van der Waals surface area contributed by atoms with E-state index in [-0.39, 0.29) is 17.5 Å². The molecule has 0 unspecified atom stereocenters. The van der Waals surface area contributed by atoms with E-state index in [2.05, 4.69) is 46.6 Å². The van der Waals surface area contributed by atoms with Crippen LogP contribution in [0.25, 0.3) is 5.69 Å². The predicted octanol–water partition coefficient (Wildman–Crippen LogP) is 5.14. The van der Waals surface area contributed by atoms with Gasteiger partial charge in [-0.25, -0.2) is 9.48 Å². The first kappa shape index (κ1) is 40.9. The Hall–Kier alpha value is -6.76. The summed E-state index contributed by atoms with van der Waals surface area (Å²) in [4.78, 5) is 63.2. The number of amides is 3. The van der Waals surface area contributed by atoms with Gasteiger partial charge in [-0.15, -0.1) is 0 Å². The van der Waals surface area contributed by atoms with Crippen LogP contribution >= 0.6 is 11.6 Å². The third-order valence-electron chi connectivity index (χ3n) is 8.72. The van der Waals surface area contributed by atoms with Gasteiger partial charge in [0.25, 0.3) is 5.91 Å². The van der Waals surface area contributed by atoms with Crippen molar-refractivity contribution in [3.8, 4) is 11.7 Å². The quantitative estimate of drug-likeness (QED) is 0.0731. The largest absolute Gasteiger partial charge is 0.467 e. The number of nitrogens with zero attached hydrogens (tertiary/aromatic N) is 5. The van der Waals surface area contributed by atoms with Crippen molar-refractivity contribution in [1.29, 1.82) is 0 Å². The maximum atomic E-state index is 13.1. The van der Waals surface area contributed by atoms with E-state index in [0.717, 1.165) is 29.7 Å². The first-order valence-electron chi connectivity index (χ1n) is 17.6. The second kappa shape index (κ2) is 17.2. The number of aromatic nitrogens is 5. The lowest BCUT2D eigenvalue weighted by atomic mass is 10.1. The van der Waals surface area contributed by atoms with Gasteiger partial charge < -0.3 is 36.1 Å². The molecule has 1 aliphatic carbocycles. The van der Waals surface area contributed by atoms with Gasteiger partial charge in [0.2, 0.25) is 11.9 Å². The molecule has 1 fully saturated rings. The molecular weight excluding hydrogens is 785 g/mol. The highest BCUT2D eigenvalue weighted by atomic mass is 35.5. The molecule has 58 heavy (non-hydrogen) atoms. The van der Waals surface area contributed by atoms with Gasteiger partial charge in [0, 0.05) is 34.2 Å². The summed E-state index contributed by atoms with van der Waals surface area (Å²) in [5, 5.41) is 18.3. The summed E-state index contributed by atoms with van der Waals surface area (Å²) >= 11 is 6.03. The zero-order valence-corrected chi connectivity index (χ0v) is 31.9. The van der Waals surface area contributed by atoms with E-state index in [4.69, 9.17) is 21.1 Å². The van der Waals surface area contributed by atoms with Gasteiger partial charge >= 0.3 is 30.0 Å². The number of benzene rings is 3. The standard InChI is InChI=1S/C38H36ClF3N10O6/c1-21-18-22(2)52(51-21)28-14-12-26(13-15-28)44-32(55)31(54)43-19-29(33(56)57-3)46-30(53)23-4-10-27(11-5-23)45-34-47-35(49-36(48-34)58-20-38(40,41)42)50-37(16-17-37)24-6-8-25(39)9-7-24/h4-15,18,29H,16-17,19-20H2,1-3H3,(H,43,54)(H,44,55)(H,46,53)(H2,45,47,48,49,50)/t29-/m0/s1. The summed E-state index contributed by atoms with van der Waals surface area (Å²) in [5.74, 6) is -3.89. The van der Waals surface area contributed by atoms with Crippen molar-refractivity contribution in [2.24, 2.45) is 0 Å². The van der Waals surface area contributed by atoms with Crippen LogP contribution in [0.5, 0.6) is 6.01 Å². The number of carbonyl (C=O) groups excluding carboxylic acids is 4. The third kappa shape index (κ3) is 10.5. The Morgan fingerprint density at radius 3 is 2.14 bits per heavy atom. The second-order valence-corrected chi connectivity index (χ2v) is 13.6. The number of nitrogens with one attached hydrogen (secondary N) is 5. The SMILES string of the molecule is COC(=O)[C@H](CNC(=O)C(=O)Nc1ccc(-n2nc(C)cc2C)cc1)NC(=O)c1ccc(Nc2nc(NC3(c4ccc(Cl)cc4)CC3)nc(OCC(F)(F)F)n2)cc1. The van der Waals surface area contributed by atoms with E-state index in [1.54, 1.807) is 41.1 Å². The van der Waals surface area contributed by atoms with E-state index in [1.807, 2.05) is 32.0 Å². The summed E-state index contributed by atoms with van der Waals surface area (Å²) in [6, 6.07) is 19.4. The molecule has 0 radical (unpaired) electrons. The summed E-state index contributed by atoms with van der Waals surface area (Å²) in [6.45, 7) is 1.67. The molecule has 2 heterocycles.